The van der Waals surface area contributed by atoms with Crippen molar-refractivity contribution >= 4 is 29.4 Å². The maximum atomic E-state index is 13.5. The molecule has 1 N–H and O–H groups in total. The van der Waals surface area contributed by atoms with E-state index in [-0.39, 0.29) is 11.5 Å². The zero-order chi connectivity index (χ0) is 17.8. The minimum absolute atomic E-state index is 0.117. The Bertz CT molecular complexity index is 864. The number of anilines is 1. The number of benzene rings is 2. The third-order valence-electron chi connectivity index (χ3n) is 3.69. The summed E-state index contributed by atoms with van der Waals surface area (Å²) in [5.74, 6) is -2.27. The summed E-state index contributed by atoms with van der Waals surface area (Å²) in [5.41, 5.74) is 3.31. The van der Waals surface area contributed by atoms with Gasteiger partial charge in [-0.25, -0.2) is 9.82 Å². The van der Waals surface area contributed by atoms with Crippen molar-refractivity contribution in [2.45, 2.75) is 6.92 Å². The molecule has 7 heteroatoms. The Morgan fingerprint density at radius 2 is 1.88 bits per heavy atom. The topological polar surface area (TPSA) is 74.1 Å². The van der Waals surface area contributed by atoms with Crippen LogP contribution < -0.4 is 10.4 Å². The molecule has 0 saturated heterocycles. The van der Waals surface area contributed by atoms with Crippen LogP contribution in [0, 0.1) is 11.7 Å². The molecule has 0 aliphatic carbocycles. The molecule has 3 rings (SSSR count). The SMILES string of the molecule is CC1=NN(c2ccccc2)C(=O)[C@@H]1/C=N\NC(=O)c1ccccc1F. The average Bonchev–Trinajstić information content (AvgIpc) is 2.91. The fourth-order valence-corrected chi connectivity index (χ4v) is 2.38. The molecule has 25 heavy (non-hydrogen) atoms. The second-order valence-electron chi connectivity index (χ2n) is 5.40. The van der Waals surface area contributed by atoms with Crippen LogP contribution in [0.2, 0.25) is 0 Å². The summed E-state index contributed by atoms with van der Waals surface area (Å²) in [5, 5.41) is 9.30. The number of hydrogen-bond donors (Lipinski definition) is 1. The quantitative estimate of drug-likeness (QED) is 0.687. The van der Waals surface area contributed by atoms with E-state index in [0.717, 1.165) is 0 Å². The van der Waals surface area contributed by atoms with Crippen molar-refractivity contribution in [2.75, 3.05) is 5.01 Å². The van der Waals surface area contributed by atoms with Crippen LogP contribution in [0.4, 0.5) is 10.1 Å². The van der Waals surface area contributed by atoms with E-state index in [0.29, 0.717) is 11.4 Å². The van der Waals surface area contributed by atoms with Crippen molar-refractivity contribution in [2.24, 2.45) is 16.1 Å². The van der Waals surface area contributed by atoms with Gasteiger partial charge in [0.15, 0.2) is 0 Å². The van der Waals surface area contributed by atoms with Crippen molar-refractivity contribution in [1.82, 2.24) is 5.43 Å². The zero-order valence-corrected chi connectivity index (χ0v) is 13.4. The van der Waals surface area contributed by atoms with E-state index in [9.17, 15) is 14.0 Å². The fraction of sp³-hybridized carbons (Fsp3) is 0.111. The summed E-state index contributed by atoms with van der Waals surface area (Å²) < 4.78 is 13.5. The van der Waals surface area contributed by atoms with Gasteiger partial charge in [-0.1, -0.05) is 30.3 Å². The number of hydrogen-bond acceptors (Lipinski definition) is 4. The van der Waals surface area contributed by atoms with E-state index >= 15 is 0 Å². The molecule has 1 atom stereocenters. The summed E-state index contributed by atoms with van der Waals surface area (Å²) in [4.78, 5) is 24.4. The van der Waals surface area contributed by atoms with Crippen molar-refractivity contribution < 1.29 is 14.0 Å². The van der Waals surface area contributed by atoms with Gasteiger partial charge in [-0.3, -0.25) is 9.59 Å². The van der Waals surface area contributed by atoms with E-state index in [1.54, 1.807) is 25.1 Å². The number of nitrogens with one attached hydrogen (secondary N) is 1. The second-order valence-corrected chi connectivity index (χ2v) is 5.40. The Balaban J connectivity index is 1.68. The van der Waals surface area contributed by atoms with E-state index in [2.05, 4.69) is 15.6 Å². The van der Waals surface area contributed by atoms with Gasteiger partial charge < -0.3 is 0 Å². The minimum Gasteiger partial charge on any atom is -0.271 e. The Morgan fingerprint density at radius 3 is 2.60 bits per heavy atom. The van der Waals surface area contributed by atoms with Crippen LogP contribution in [-0.2, 0) is 4.79 Å². The molecular formula is C18H15FN4O2. The van der Waals surface area contributed by atoms with Gasteiger partial charge in [0, 0.05) is 6.21 Å². The van der Waals surface area contributed by atoms with Crippen molar-refractivity contribution in [1.29, 1.82) is 0 Å². The highest BCUT2D eigenvalue weighted by Gasteiger charge is 2.33. The van der Waals surface area contributed by atoms with Crippen LogP contribution in [0.5, 0.6) is 0 Å². The van der Waals surface area contributed by atoms with Gasteiger partial charge in [-0.15, -0.1) is 0 Å². The number of halogens is 1. The summed E-state index contributed by atoms with van der Waals surface area (Å²) >= 11 is 0. The number of nitrogens with zero attached hydrogens (tertiary/aromatic N) is 3. The van der Waals surface area contributed by atoms with Gasteiger partial charge in [-0.2, -0.15) is 15.2 Å². The van der Waals surface area contributed by atoms with Gasteiger partial charge in [0.1, 0.15) is 11.7 Å². The summed E-state index contributed by atoms with van der Waals surface area (Å²) in [7, 11) is 0. The van der Waals surface area contributed by atoms with Gasteiger partial charge in [0.2, 0.25) is 0 Å². The first-order valence-electron chi connectivity index (χ1n) is 7.60. The predicted octanol–water partition coefficient (Wildman–Crippen LogP) is 2.58. The molecule has 0 bridgehead atoms. The number of carbonyl (C=O) groups excluding carboxylic acids is 2. The number of para-hydroxylation sites is 1. The fourth-order valence-electron chi connectivity index (χ4n) is 2.38. The monoisotopic (exact) mass is 338 g/mol. The molecule has 1 heterocycles. The first kappa shape index (κ1) is 16.5. The molecule has 2 aromatic carbocycles. The lowest BCUT2D eigenvalue weighted by atomic mass is 10.1. The Kier molecular flexibility index (Phi) is 4.65. The van der Waals surface area contributed by atoms with Crippen LogP contribution in [0.25, 0.3) is 0 Å². The maximum Gasteiger partial charge on any atom is 0.274 e. The van der Waals surface area contributed by atoms with E-state index in [4.69, 9.17) is 0 Å². The lowest BCUT2D eigenvalue weighted by molar-refractivity contribution is -0.118. The average molecular weight is 338 g/mol. The molecule has 0 fully saturated rings. The largest absolute Gasteiger partial charge is 0.274 e. The van der Waals surface area contributed by atoms with E-state index in [1.807, 2.05) is 18.2 Å². The number of amides is 2. The molecule has 126 valence electrons. The summed E-state index contributed by atoms with van der Waals surface area (Å²) in [6, 6.07) is 14.6. The van der Waals surface area contributed by atoms with Crippen molar-refractivity contribution in [3.05, 3.63) is 66.0 Å². The van der Waals surface area contributed by atoms with Crippen LogP contribution in [0.3, 0.4) is 0 Å². The van der Waals surface area contributed by atoms with E-state index < -0.39 is 17.6 Å². The first-order valence-corrected chi connectivity index (χ1v) is 7.60. The zero-order valence-electron chi connectivity index (χ0n) is 13.4. The molecule has 0 saturated carbocycles. The molecular weight excluding hydrogens is 323 g/mol. The predicted molar refractivity (Wildman–Crippen MR) is 92.9 cm³/mol. The molecule has 1 aliphatic rings. The maximum absolute atomic E-state index is 13.5. The number of carbonyl (C=O) groups is 2. The van der Waals surface area contributed by atoms with Crippen LogP contribution in [0.15, 0.2) is 64.8 Å². The van der Waals surface area contributed by atoms with Gasteiger partial charge in [0.05, 0.1) is 17.0 Å². The normalized spacial score (nSPS) is 17.0. The molecule has 1 aliphatic heterocycles. The van der Waals surface area contributed by atoms with Gasteiger partial charge in [-0.05, 0) is 31.2 Å². The summed E-state index contributed by atoms with van der Waals surface area (Å²) in [6.07, 6.45) is 1.29. The first-order chi connectivity index (χ1) is 12.1. The molecule has 0 spiro atoms. The Labute approximate surface area is 143 Å². The highest BCUT2D eigenvalue weighted by molar-refractivity contribution is 6.23. The molecule has 0 aromatic heterocycles. The lowest BCUT2D eigenvalue weighted by Gasteiger charge is -2.12. The van der Waals surface area contributed by atoms with Crippen LogP contribution in [0.1, 0.15) is 17.3 Å². The van der Waals surface area contributed by atoms with Gasteiger partial charge in [0.25, 0.3) is 11.8 Å². The Hall–Kier alpha value is -3.35. The highest BCUT2D eigenvalue weighted by atomic mass is 19.1. The lowest BCUT2D eigenvalue weighted by Crippen LogP contribution is -2.29. The highest BCUT2D eigenvalue weighted by Crippen LogP contribution is 2.22. The summed E-state index contributed by atoms with van der Waals surface area (Å²) in [6.45, 7) is 1.70. The Morgan fingerprint density at radius 1 is 1.20 bits per heavy atom. The second kappa shape index (κ2) is 7.04. The van der Waals surface area contributed by atoms with Crippen molar-refractivity contribution in [3.63, 3.8) is 0 Å². The molecule has 0 radical (unpaired) electrons. The van der Waals surface area contributed by atoms with Crippen LogP contribution in [-0.4, -0.2) is 23.7 Å². The molecule has 6 nitrogen and oxygen atoms in total. The molecule has 0 unspecified atom stereocenters. The third kappa shape index (κ3) is 3.45. The smallest absolute Gasteiger partial charge is 0.271 e. The van der Waals surface area contributed by atoms with E-state index in [1.165, 1.54) is 29.4 Å². The van der Waals surface area contributed by atoms with Crippen LogP contribution >= 0.6 is 0 Å². The van der Waals surface area contributed by atoms with Crippen molar-refractivity contribution in [3.8, 4) is 0 Å². The van der Waals surface area contributed by atoms with Gasteiger partial charge >= 0.3 is 0 Å². The third-order valence-corrected chi connectivity index (χ3v) is 3.69. The minimum atomic E-state index is -0.686. The molecule has 2 amide bonds. The standard InChI is InChI=1S/C18H15FN4O2/c1-12-15(18(25)23(22-12)13-7-3-2-4-8-13)11-20-21-17(24)14-9-5-6-10-16(14)19/h2-11,15H,1H3,(H,21,24)/b20-11-/t15-/m1/s1. The number of rotatable bonds is 4. The molecule has 2 aromatic rings. The number of hydrazone groups is 2.